The Balaban J connectivity index is 1.96. The minimum Gasteiger partial charge on any atom is -0.480 e. The molecule has 0 saturated heterocycles. The lowest BCUT2D eigenvalue weighted by Crippen LogP contribution is -2.32. The Labute approximate surface area is 161 Å². The summed E-state index contributed by atoms with van der Waals surface area (Å²) in [6, 6.07) is 13.5. The van der Waals surface area contributed by atoms with E-state index in [0.29, 0.717) is 17.9 Å². The number of ether oxygens (including phenoxy) is 1. The molecular formula is C18H19ClN2O4S. The second kappa shape index (κ2) is 9.47. The van der Waals surface area contributed by atoms with Gasteiger partial charge >= 0.3 is 5.97 Å². The number of carbonyl (C=O) groups is 2. The lowest BCUT2D eigenvalue weighted by molar-refractivity contribution is -0.138. The maximum absolute atomic E-state index is 11.0. The van der Waals surface area contributed by atoms with Crippen LogP contribution in [0.3, 0.4) is 0 Å². The van der Waals surface area contributed by atoms with E-state index >= 15 is 0 Å². The molecule has 2 atom stereocenters. The first kappa shape index (κ1) is 20.1. The van der Waals surface area contributed by atoms with Gasteiger partial charge in [0.15, 0.2) is 0 Å². The zero-order chi connectivity index (χ0) is 19.1. The summed E-state index contributed by atoms with van der Waals surface area (Å²) < 4.78 is 5.75. The van der Waals surface area contributed by atoms with Gasteiger partial charge in [-0.15, -0.1) is 0 Å². The van der Waals surface area contributed by atoms with Crippen molar-refractivity contribution in [2.24, 2.45) is 5.73 Å². The summed E-state index contributed by atoms with van der Waals surface area (Å²) in [5.41, 5.74) is 6.95. The lowest BCUT2D eigenvalue weighted by Gasteiger charge is -2.11. The third kappa shape index (κ3) is 5.94. The maximum atomic E-state index is 11.0. The van der Waals surface area contributed by atoms with E-state index < -0.39 is 23.2 Å². The summed E-state index contributed by atoms with van der Waals surface area (Å²) in [4.78, 5) is 24.2. The molecule has 0 spiro atoms. The Kier molecular flexibility index (Phi) is 7.32. The maximum Gasteiger partial charge on any atom is 0.322 e. The third-order valence-electron chi connectivity index (χ3n) is 3.71. The number of hydrogen-bond acceptors (Lipinski definition) is 5. The normalized spacial score (nSPS) is 13.0. The second-order valence-corrected chi connectivity index (χ2v) is 6.56. The summed E-state index contributed by atoms with van der Waals surface area (Å²) in [6.07, 6.45) is 0.714. The third-order valence-corrected chi connectivity index (χ3v) is 4.41. The Morgan fingerprint density at radius 1 is 1.04 bits per heavy atom. The van der Waals surface area contributed by atoms with E-state index in [1.807, 2.05) is 12.1 Å². The van der Waals surface area contributed by atoms with E-state index in [1.165, 1.54) is 0 Å². The zero-order valence-corrected chi connectivity index (χ0v) is 15.4. The van der Waals surface area contributed by atoms with Gasteiger partial charge in [-0.2, -0.15) is 12.6 Å². The largest absolute Gasteiger partial charge is 0.480 e. The van der Waals surface area contributed by atoms with Crippen molar-refractivity contribution in [3.05, 3.63) is 59.7 Å². The molecule has 0 aliphatic rings. The minimum absolute atomic E-state index is 0.262. The molecule has 0 aromatic heterocycles. The molecule has 4 N–H and O–H groups in total. The Hall–Kier alpha value is -2.22. The number of hydrogen-bond donors (Lipinski definition) is 4. The molecule has 8 heteroatoms. The molecule has 2 unspecified atom stereocenters. The van der Waals surface area contributed by atoms with Crippen molar-refractivity contribution >= 4 is 36.3 Å². The Bertz CT molecular complexity index is 753. The first-order valence-electron chi connectivity index (χ1n) is 7.81. The van der Waals surface area contributed by atoms with Gasteiger partial charge in [0.25, 0.3) is 0 Å². The summed E-state index contributed by atoms with van der Waals surface area (Å²) >= 11 is 9.57. The topological polar surface area (TPSA) is 102 Å². The van der Waals surface area contributed by atoms with Gasteiger partial charge in [0, 0.05) is 0 Å². The molecule has 0 radical (unpaired) electrons. The molecule has 0 aliphatic carbocycles. The van der Waals surface area contributed by atoms with Gasteiger partial charge < -0.3 is 15.6 Å². The quantitative estimate of drug-likeness (QED) is 0.386. The van der Waals surface area contributed by atoms with E-state index in [9.17, 15) is 9.59 Å². The van der Waals surface area contributed by atoms with Crippen LogP contribution in [-0.2, 0) is 22.4 Å². The number of rotatable bonds is 9. The van der Waals surface area contributed by atoms with Gasteiger partial charge in [-0.05, 0) is 60.0 Å². The highest BCUT2D eigenvalue weighted by molar-refractivity contribution is 7.81. The van der Waals surface area contributed by atoms with E-state index in [-0.39, 0.29) is 6.42 Å². The van der Waals surface area contributed by atoms with Crippen molar-refractivity contribution in [3.63, 3.8) is 0 Å². The van der Waals surface area contributed by atoms with Crippen molar-refractivity contribution in [1.29, 1.82) is 0 Å². The first-order valence-corrected chi connectivity index (χ1v) is 8.70. The van der Waals surface area contributed by atoms with Gasteiger partial charge in [0.2, 0.25) is 5.91 Å². The van der Waals surface area contributed by atoms with Crippen LogP contribution in [-0.4, -0.2) is 28.3 Å². The van der Waals surface area contributed by atoms with E-state index in [2.05, 4.69) is 17.5 Å². The van der Waals surface area contributed by atoms with Crippen molar-refractivity contribution in [3.8, 4) is 11.5 Å². The number of nitrogens with one attached hydrogen (secondary N) is 1. The number of benzene rings is 2. The van der Waals surface area contributed by atoms with Gasteiger partial charge in [-0.3, -0.25) is 9.59 Å². The van der Waals surface area contributed by atoms with Gasteiger partial charge in [0.05, 0.1) is 5.25 Å². The highest BCUT2D eigenvalue weighted by Crippen LogP contribution is 2.23. The van der Waals surface area contributed by atoms with Crippen LogP contribution in [0.5, 0.6) is 11.5 Å². The predicted molar refractivity (Wildman–Crippen MR) is 103 cm³/mol. The van der Waals surface area contributed by atoms with Crippen LogP contribution in [0.4, 0.5) is 0 Å². The van der Waals surface area contributed by atoms with E-state index in [4.69, 9.17) is 27.4 Å². The van der Waals surface area contributed by atoms with Crippen LogP contribution in [0, 0.1) is 0 Å². The number of primary amides is 1. The fraction of sp³-hybridized carbons (Fsp3) is 0.222. The monoisotopic (exact) mass is 394 g/mol. The fourth-order valence-corrected chi connectivity index (χ4v) is 2.64. The van der Waals surface area contributed by atoms with E-state index in [1.54, 1.807) is 36.4 Å². The Morgan fingerprint density at radius 3 is 1.88 bits per heavy atom. The molecule has 2 aromatic rings. The number of carboxylic acids is 1. The van der Waals surface area contributed by atoms with Gasteiger partial charge in [-0.1, -0.05) is 24.3 Å². The van der Waals surface area contributed by atoms with Crippen LogP contribution in [0.1, 0.15) is 11.1 Å². The minimum atomic E-state index is -1.01. The number of aliphatic carboxylic acids is 1. The van der Waals surface area contributed by atoms with E-state index in [0.717, 1.165) is 11.1 Å². The molecule has 0 bridgehead atoms. The highest BCUT2D eigenvalue weighted by Gasteiger charge is 2.16. The lowest BCUT2D eigenvalue weighted by atomic mass is 10.1. The fourth-order valence-electron chi connectivity index (χ4n) is 2.26. The van der Waals surface area contributed by atoms with Crippen molar-refractivity contribution < 1.29 is 19.4 Å². The molecule has 6 nitrogen and oxygen atoms in total. The standard InChI is InChI=1S/C18H19ClN2O4S/c19-21-15(18(23)24)9-11-1-5-13(6-2-11)25-14-7-3-12(4-8-14)10-16(26)17(20)22/h1-8,15-16,21,26H,9-10H2,(H2,20,22)(H,23,24). The number of amides is 1. The van der Waals surface area contributed by atoms with Gasteiger partial charge in [0.1, 0.15) is 17.5 Å². The highest BCUT2D eigenvalue weighted by atomic mass is 35.5. The van der Waals surface area contributed by atoms with Crippen LogP contribution >= 0.6 is 24.4 Å². The summed E-state index contributed by atoms with van der Waals surface area (Å²) in [5.74, 6) is -0.206. The van der Waals surface area contributed by atoms with Gasteiger partial charge in [-0.25, -0.2) is 4.84 Å². The molecular weight excluding hydrogens is 376 g/mol. The summed E-state index contributed by atoms with van der Waals surface area (Å²) in [5, 5.41) is 8.47. The molecule has 0 fully saturated rings. The van der Waals surface area contributed by atoms with Crippen molar-refractivity contribution in [2.75, 3.05) is 0 Å². The molecule has 2 aromatic carbocycles. The second-order valence-electron chi connectivity index (χ2n) is 5.72. The molecule has 26 heavy (non-hydrogen) atoms. The average molecular weight is 395 g/mol. The molecule has 0 heterocycles. The molecule has 2 rings (SSSR count). The van der Waals surface area contributed by atoms with Crippen molar-refractivity contribution in [1.82, 2.24) is 4.84 Å². The molecule has 138 valence electrons. The summed E-state index contributed by atoms with van der Waals surface area (Å²) in [6.45, 7) is 0. The zero-order valence-electron chi connectivity index (χ0n) is 13.8. The molecule has 0 saturated carbocycles. The van der Waals surface area contributed by atoms with Crippen LogP contribution in [0.25, 0.3) is 0 Å². The first-order chi connectivity index (χ1) is 12.4. The van der Waals surface area contributed by atoms with Crippen molar-refractivity contribution in [2.45, 2.75) is 24.1 Å². The smallest absolute Gasteiger partial charge is 0.322 e. The van der Waals surface area contributed by atoms with Crippen LogP contribution in [0.2, 0.25) is 0 Å². The molecule has 1 amide bonds. The number of carbonyl (C=O) groups excluding carboxylic acids is 1. The number of carboxylic acid groups (broad SMARTS) is 1. The van der Waals surface area contributed by atoms with Crippen LogP contribution in [0.15, 0.2) is 48.5 Å². The Morgan fingerprint density at radius 2 is 1.50 bits per heavy atom. The number of thiol groups is 1. The number of nitrogens with two attached hydrogens (primary N) is 1. The SMILES string of the molecule is NC(=O)C(S)Cc1ccc(Oc2ccc(CC(NCl)C(=O)O)cc2)cc1. The number of halogens is 1. The predicted octanol–water partition coefficient (Wildman–Crippen LogP) is 2.54. The van der Waals surface area contributed by atoms with Crippen LogP contribution < -0.4 is 15.3 Å². The summed E-state index contributed by atoms with van der Waals surface area (Å²) in [7, 11) is 0. The average Bonchev–Trinajstić information content (AvgIpc) is 2.62. The molecule has 0 aliphatic heterocycles.